The largest absolute Gasteiger partial charge is 0.281 e. The van der Waals surface area contributed by atoms with Crippen molar-refractivity contribution in [1.82, 2.24) is 14.9 Å². The predicted molar refractivity (Wildman–Crippen MR) is 72.2 cm³/mol. The van der Waals surface area contributed by atoms with Crippen LogP contribution in [0.25, 0.3) is 0 Å². The van der Waals surface area contributed by atoms with E-state index in [0.29, 0.717) is 18.0 Å². The quantitative estimate of drug-likeness (QED) is 0.816. The Kier molecular flexibility index (Phi) is 4.80. The fraction of sp³-hybridized carbons (Fsp3) is 0.727. The Labute approximate surface area is 113 Å². The second-order valence-corrected chi connectivity index (χ2v) is 7.44. The number of halogens is 1. The number of nitrogens with zero attached hydrogens (tertiary/aromatic N) is 1. The van der Waals surface area contributed by atoms with Gasteiger partial charge >= 0.3 is 0 Å². The number of hydrogen-bond acceptors (Lipinski definition) is 3. The summed E-state index contributed by atoms with van der Waals surface area (Å²) in [5.74, 6) is 0.412. The van der Waals surface area contributed by atoms with Crippen LogP contribution in [0.3, 0.4) is 0 Å². The third kappa shape index (κ3) is 3.70. The number of hydrogen-bond donors (Lipinski definition) is 2. The molecule has 1 aromatic heterocycles. The zero-order valence-corrected chi connectivity index (χ0v) is 12.7. The van der Waals surface area contributed by atoms with Gasteiger partial charge in [0.1, 0.15) is 4.90 Å². The topological polar surface area (TPSA) is 74.8 Å². The molecule has 18 heavy (non-hydrogen) atoms. The van der Waals surface area contributed by atoms with E-state index in [1.165, 1.54) is 6.20 Å². The van der Waals surface area contributed by atoms with Crippen molar-refractivity contribution in [3.63, 3.8) is 0 Å². The molecule has 0 amide bonds. The SMILES string of the molecule is Cc1[nH]ncc1S(=O)(=O)NC(CCCl)C(C)(C)C. The lowest BCUT2D eigenvalue weighted by Gasteiger charge is -2.30. The Bertz CT molecular complexity index is 491. The van der Waals surface area contributed by atoms with Crippen LogP contribution < -0.4 is 4.72 Å². The molecule has 104 valence electrons. The first-order valence-electron chi connectivity index (χ1n) is 5.76. The van der Waals surface area contributed by atoms with Crippen LogP contribution in [0.4, 0.5) is 0 Å². The summed E-state index contributed by atoms with van der Waals surface area (Å²) in [7, 11) is -3.55. The number of rotatable bonds is 5. The van der Waals surface area contributed by atoms with Crippen LogP contribution >= 0.6 is 11.6 Å². The summed E-state index contributed by atoms with van der Waals surface area (Å²) < 4.78 is 27.2. The van der Waals surface area contributed by atoms with E-state index in [-0.39, 0.29) is 16.4 Å². The lowest BCUT2D eigenvalue weighted by Crippen LogP contribution is -2.44. The molecule has 0 aliphatic rings. The second kappa shape index (κ2) is 5.59. The lowest BCUT2D eigenvalue weighted by molar-refractivity contribution is 0.292. The number of nitrogens with one attached hydrogen (secondary N) is 2. The maximum Gasteiger partial charge on any atom is 0.244 e. The van der Waals surface area contributed by atoms with Gasteiger partial charge < -0.3 is 0 Å². The van der Waals surface area contributed by atoms with E-state index in [4.69, 9.17) is 11.6 Å². The van der Waals surface area contributed by atoms with E-state index in [2.05, 4.69) is 14.9 Å². The molecule has 7 heteroatoms. The molecule has 1 unspecified atom stereocenters. The van der Waals surface area contributed by atoms with Crippen LogP contribution in [-0.2, 0) is 10.0 Å². The standard InChI is InChI=1S/C11H20ClN3O2S/c1-8-9(7-13-14-8)18(16,17)15-10(5-6-12)11(2,3)4/h7,10,15H,5-6H2,1-4H3,(H,13,14). The molecule has 0 spiro atoms. The molecule has 2 N–H and O–H groups in total. The third-order valence-electron chi connectivity index (χ3n) is 2.81. The van der Waals surface area contributed by atoms with Crippen molar-refractivity contribution in [2.75, 3.05) is 5.88 Å². The molecule has 0 bridgehead atoms. The third-order valence-corrected chi connectivity index (χ3v) is 4.62. The molecule has 0 fully saturated rings. The summed E-state index contributed by atoms with van der Waals surface area (Å²) in [5, 5.41) is 6.36. The minimum Gasteiger partial charge on any atom is -0.281 e. The highest BCUT2D eigenvalue weighted by molar-refractivity contribution is 7.89. The zero-order valence-electron chi connectivity index (χ0n) is 11.1. The molecule has 1 aromatic rings. The van der Waals surface area contributed by atoms with E-state index >= 15 is 0 Å². The van der Waals surface area contributed by atoms with Crippen molar-refractivity contribution in [3.8, 4) is 0 Å². The molecule has 0 aliphatic carbocycles. The summed E-state index contributed by atoms with van der Waals surface area (Å²) in [5.41, 5.74) is 0.334. The van der Waals surface area contributed by atoms with Gasteiger partial charge in [0.15, 0.2) is 0 Å². The van der Waals surface area contributed by atoms with Gasteiger partial charge in [-0.15, -0.1) is 11.6 Å². The first kappa shape index (κ1) is 15.5. The van der Waals surface area contributed by atoms with E-state index in [1.54, 1.807) is 6.92 Å². The van der Waals surface area contributed by atoms with Crippen LogP contribution in [0, 0.1) is 12.3 Å². The molecule has 1 rings (SSSR count). The maximum atomic E-state index is 12.2. The monoisotopic (exact) mass is 293 g/mol. The number of aryl methyl sites for hydroxylation is 1. The average molecular weight is 294 g/mol. The second-order valence-electron chi connectivity index (χ2n) is 5.38. The van der Waals surface area contributed by atoms with Crippen molar-refractivity contribution in [2.24, 2.45) is 5.41 Å². The van der Waals surface area contributed by atoms with Gasteiger partial charge in [-0.05, 0) is 18.8 Å². The fourth-order valence-corrected chi connectivity index (χ4v) is 3.47. The van der Waals surface area contributed by atoms with Crippen LogP contribution in [0.1, 0.15) is 32.9 Å². The predicted octanol–water partition coefficient (Wildman–Crippen LogP) is 2.04. The number of aromatic nitrogens is 2. The van der Waals surface area contributed by atoms with Crippen molar-refractivity contribution in [3.05, 3.63) is 11.9 Å². The Hall–Kier alpha value is -0.590. The first-order chi connectivity index (χ1) is 8.18. The number of alkyl halides is 1. The smallest absolute Gasteiger partial charge is 0.244 e. The Morgan fingerprint density at radius 2 is 2.11 bits per heavy atom. The highest BCUT2D eigenvalue weighted by atomic mass is 35.5. The minimum absolute atomic E-state index is 0.186. The number of aromatic amines is 1. The van der Waals surface area contributed by atoms with E-state index < -0.39 is 10.0 Å². The molecule has 1 atom stereocenters. The normalized spacial score (nSPS) is 14.7. The summed E-state index contributed by atoms with van der Waals surface area (Å²) in [4.78, 5) is 0.186. The number of sulfonamides is 1. The highest BCUT2D eigenvalue weighted by Gasteiger charge is 2.30. The van der Waals surface area contributed by atoms with Crippen LogP contribution in [0.2, 0.25) is 0 Å². The van der Waals surface area contributed by atoms with Crippen molar-refractivity contribution < 1.29 is 8.42 Å². The highest BCUT2D eigenvalue weighted by Crippen LogP contribution is 2.24. The summed E-state index contributed by atoms with van der Waals surface area (Å²) in [6, 6.07) is -0.214. The van der Waals surface area contributed by atoms with Gasteiger partial charge in [-0.3, -0.25) is 5.10 Å². The van der Waals surface area contributed by atoms with Gasteiger partial charge in [-0.25, -0.2) is 13.1 Å². The van der Waals surface area contributed by atoms with Gasteiger partial charge in [0.2, 0.25) is 10.0 Å². The summed E-state index contributed by atoms with van der Waals surface area (Å²) in [6.07, 6.45) is 1.90. The molecular formula is C11H20ClN3O2S. The molecule has 0 saturated heterocycles. The molecule has 0 aliphatic heterocycles. The van der Waals surface area contributed by atoms with Crippen molar-refractivity contribution in [2.45, 2.75) is 45.1 Å². The van der Waals surface area contributed by atoms with Gasteiger partial charge in [0.05, 0.1) is 11.9 Å². The average Bonchev–Trinajstić information content (AvgIpc) is 2.63. The molecular weight excluding hydrogens is 274 g/mol. The van der Waals surface area contributed by atoms with E-state index in [9.17, 15) is 8.42 Å². The van der Waals surface area contributed by atoms with E-state index in [1.807, 2.05) is 20.8 Å². The Morgan fingerprint density at radius 3 is 2.50 bits per heavy atom. The molecule has 0 radical (unpaired) electrons. The van der Waals surface area contributed by atoms with Gasteiger partial charge in [0.25, 0.3) is 0 Å². The Morgan fingerprint density at radius 1 is 1.50 bits per heavy atom. The van der Waals surface area contributed by atoms with Crippen molar-refractivity contribution in [1.29, 1.82) is 0 Å². The summed E-state index contributed by atoms with van der Waals surface area (Å²) >= 11 is 5.73. The van der Waals surface area contributed by atoms with E-state index in [0.717, 1.165) is 0 Å². The minimum atomic E-state index is -3.55. The molecule has 1 heterocycles. The van der Waals surface area contributed by atoms with Gasteiger partial charge in [-0.1, -0.05) is 20.8 Å². The number of H-pyrrole nitrogens is 1. The fourth-order valence-electron chi connectivity index (χ4n) is 1.64. The molecule has 0 aromatic carbocycles. The lowest BCUT2D eigenvalue weighted by atomic mass is 9.86. The van der Waals surface area contributed by atoms with Crippen LogP contribution in [-0.4, -0.2) is 30.5 Å². The first-order valence-corrected chi connectivity index (χ1v) is 7.78. The molecule has 5 nitrogen and oxygen atoms in total. The zero-order chi connectivity index (χ0) is 14.0. The Balaban J connectivity index is 2.97. The maximum absolute atomic E-state index is 12.2. The van der Waals surface area contributed by atoms with Gasteiger partial charge in [0, 0.05) is 11.9 Å². The summed E-state index contributed by atoms with van der Waals surface area (Å²) in [6.45, 7) is 7.62. The van der Waals surface area contributed by atoms with Gasteiger partial charge in [-0.2, -0.15) is 5.10 Å². The van der Waals surface area contributed by atoms with Crippen LogP contribution in [0.5, 0.6) is 0 Å². The van der Waals surface area contributed by atoms with Crippen LogP contribution in [0.15, 0.2) is 11.1 Å². The van der Waals surface area contributed by atoms with Crippen molar-refractivity contribution >= 4 is 21.6 Å². The molecule has 0 saturated carbocycles.